The van der Waals surface area contributed by atoms with Crippen LogP contribution >= 0.6 is 0 Å². The number of amides is 1. The molecule has 1 aromatic heterocycles. The van der Waals surface area contributed by atoms with Gasteiger partial charge >= 0.3 is 5.69 Å². The van der Waals surface area contributed by atoms with Gasteiger partial charge in [0.05, 0.1) is 26.9 Å². The van der Waals surface area contributed by atoms with Gasteiger partial charge in [-0.1, -0.05) is 19.3 Å². The van der Waals surface area contributed by atoms with E-state index in [4.69, 9.17) is 0 Å². The van der Waals surface area contributed by atoms with Crippen LogP contribution in [0.3, 0.4) is 0 Å². The van der Waals surface area contributed by atoms with Gasteiger partial charge in [0.25, 0.3) is 0 Å². The van der Waals surface area contributed by atoms with Gasteiger partial charge in [-0.2, -0.15) is 0 Å². The molecule has 0 unspecified atom stereocenters. The largest absolute Gasteiger partial charge is 0.329 e. The minimum Gasteiger partial charge on any atom is -0.325 e. The highest BCUT2D eigenvalue weighted by atomic mass is 32.2. The van der Waals surface area contributed by atoms with Crippen LogP contribution in [0, 0.1) is 5.92 Å². The number of carbonyl (C=O) groups excluding carboxylic acids is 1. The summed E-state index contributed by atoms with van der Waals surface area (Å²) in [6.45, 7) is 4.70. The average Bonchev–Trinajstić information content (AvgIpc) is 3.52. The zero-order valence-electron chi connectivity index (χ0n) is 17.1. The Morgan fingerprint density at radius 2 is 1.59 bits per heavy atom. The van der Waals surface area contributed by atoms with Crippen molar-refractivity contribution in [3.8, 4) is 0 Å². The highest BCUT2D eigenvalue weighted by molar-refractivity contribution is 7.92. The van der Waals surface area contributed by atoms with Gasteiger partial charge in [-0.25, -0.2) is 13.2 Å². The molecule has 0 radical (unpaired) electrons. The van der Waals surface area contributed by atoms with Crippen molar-refractivity contribution in [3.05, 3.63) is 22.6 Å². The number of sulfone groups is 1. The van der Waals surface area contributed by atoms with Crippen LogP contribution in [-0.2, 0) is 27.7 Å². The number of rotatable bonds is 6. The van der Waals surface area contributed by atoms with E-state index in [9.17, 15) is 18.0 Å². The minimum atomic E-state index is -3.61. The Balaban J connectivity index is 1.92. The molecule has 29 heavy (non-hydrogen) atoms. The topological polar surface area (TPSA) is 90.2 Å². The van der Waals surface area contributed by atoms with E-state index >= 15 is 0 Å². The number of hydrogen-bond donors (Lipinski definition) is 1. The van der Waals surface area contributed by atoms with E-state index in [2.05, 4.69) is 5.32 Å². The van der Waals surface area contributed by atoms with Crippen LogP contribution in [0.2, 0.25) is 0 Å². The molecule has 1 amide bonds. The van der Waals surface area contributed by atoms with E-state index in [1.807, 2.05) is 13.8 Å². The highest BCUT2D eigenvalue weighted by Crippen LogP contribution is 2.36. The van der Waals surface area contributed by atoms with Gasteiger partial charge in [-0.15, -0.1) is 0 Å². The van der Waals surface area contributed by atoms with Crippen LogP contribution in [-0.4, -0.2) is 28.7 Å². The molecule has 1 N–H and O–H groups in total. The van der Waals surface area contributed by atoms with Crippen molar-refractivity contribution in [1.29, 1.82) is 0 Å². The summed E-state index contributed by atoms with van der Waals surface area (Å²) in [6, 6.07) is 3.29. The first-order chi connectivity index (χ1) is 13.9. The Morgan fingerprint density at radius 1 is 1.00 bits per heavy atom. The molecule has 158 valence electrons. The number of fused-ring (bicyclic) bond motifs is 1. The molecular weight excluding hydrogens is 390 g/mol. The second-order valence-corrected chi connectivity index (χ2v) is 10.4. The van der Waals surface area contributed by atoms with E-state index in [1.54, 1.807) is 21.3 Å². The summed E-state index contributed by atoms with van der Waals surface area (Å²) in [5.41, 5.74) is 1.43. The smallest absolute Gasteiger partial charge is 0.325 e. The first kappa shape index (κ1) is 20.2. The number of aromatic nitrogens is 2. The maximum atomic E-state index is 13.5. The number of hydrogen-bond acceptors (Lipinski definition) is 4. The second-order valence-electron chi connectivity index (χ2n) is 8.18. The van der Waals surface area contributed by atoms with E-state index < -0.39 is 15.1 Å². The van der Waals surface area contributed by atoms with Crippen molar-refractivity contribution >= 4 is 32.5 Å². The molecule has 2 fully saturated rings. The summed E-state index contributed by atoms with van der Waals surface area (Å²) in [6.07, 6.45) is 5.84. The van der Waals surface area contributed by atoms with Crippen molar-refractivity contribution < 1.29 is 13.2 Å². The van der Waals surface area contributed by atoms with Crippen molar-refractivity contribution in [3.63, 3.8) is 0 Å². The zero-order valence-corrected chi connectivity index (χ0v) is 17.9. The van der Waals surface area contributed by atoms with E-state index in [-0.39, 0.29) is 22.4 Å². The van der Waals surface area contributed by atoms with Crippen molar-refractivity contribution in [2.45, 2.75) is 82.0 Å². The molecular formula is C21H29N3O4S. The molecule has 1 aromatic carbocycles. The molecule has 0 saturated heterocycles. The fourth-order valence-electron chi connectivity index (χ4n) is 4.42. The number of aryl methyl sites for hydroxylation is 2. The lowest BCUT2D eigenvalue weighted by Crippen LogP contribution is -2.26. The second kappa shape index (κ2) is 7.63. The Kier molecular flexibility index (Phi) is 5.31. The Labute approximate surface area is 171 Å². The molecule has 8 heteroatoms. The normalized spacial score (nSPS) is 18.3. The van der Waals surface area contributed by atoms with E-state index in [0.717, 1.165) is 32.1 Å². The maximum Gasteiger partial charge on any atom is 0.329 e. The number of nitrogens with zero attached hydrogens (tertiary/aromatic N) is 2. The van der Waals surface area contributed by atoms with Gasteiger partial charge in [-0.05, 0) is 51.7 Å². The molecule has 1 heterocycles. The Morgan fingerprint density at radius 3 is 2.14 bits per heavy atom. The predicted molar refractivity (Wildman–Crippen MR) is 113 cm³/mol. The first-order valence-corrected chi connectivity index (χ1v) is 12.2. The molecule has 0 bridgehead atoms. The van der Waals surface area contributed by atoms with E-state index in [0.29, 0.717) is 42.7 Å². The molecule has 2 aliphatic carbocycles. The predicted octanol–water partition coefficient (Wildman–Crippen LogP) is 3.30. The fraction of sp³-hybridized carbons (Fsp3) is 0.619. The minimum absolute atomic E-state index is 0.0375. The number of anilines is 1. The van der Waals surface area contributed by atoms with Gasteiger partial charge in [-0.3, -0.25) is 13.9 Å². The summed E-state index contributed by atoms with van der Waals surface area (Å²) in [5.74, 6) is -0.172. The number of nitrogens with one attached hydrogen (secondary N) is 1. The van der Waals surface area contributed by atoms with Crippen molar-refractivity contribution in [2.24, 2.45) is 5.92 Å². The third-order valence-electron chi connectivity index (χ3n) is 6.26. The van der Waals surface area contributed by atoms with Gasteiger partial charge in [0.1, 0.15) is 0 Å². The molecule has 7 nitrogen and oxygen atoms in total. The van der Waals surface area contributed by atoms with Crippen LogP contribution in [0.4, 0.5) is 5.69 Å². The third kappa shape index (κ3) is 3.52. The third-order valence-corrected chi connectivity index (χ3v) is 8.56. The lowest BCUT2D eigenvalue weighted by Gasteiger charge is -2.23. The van der Waals surface area contributed by atoms with Crippen LogP contribution in [0.25, 0.3) is 11.0 Å². The van der Waals surface area contributed by atoms with Crippen LogP contribution in [0.15, 0.2) is 21.8 Å². The van der Waals surface area contributed by atoms with Gasteiger partial charge in [0.15, 0.2) is 9.84 Å². The summed E-state index contributed by atoms with van der Waals surface area (Å²) in [7, 11) is -3.61. The lowest BCUT2D eigenvalue weighted by molar-refractivity contribution is -0.117. The van der Waals surface area contributed by atoms with Crippen LogP contribution in [0.5, 0.6) is 0 Å². The number of imidazole rings is 1. The quantitative estimate of drug-likeness (QED) is 0.778. The van der Waals surface area contributed by atoms with Gasteiger partial charge in [0, 0.05) is 19.0 Å². The average molecular weight is 420 g/mol. The fourth-order valence-corrected chi connectivity index (χ4v) is 6.43. The Bertz CT molecular complexity index is 1100. The number of carbonyl (C=O) groups is 1. The highest BCUT2D eigenvalue weighted by Gasteiger charge is 2.34. The first-order valence-electron chi connectivity index (χ1n) is 10.7. The van der Waals surface area contributed by atoms with Crippen molar-refractivity contribution in [1.82, 2.24) is 9.13 Å². The molecule has 4 rings (SSSR count). The van der Waals surface area contributed by atoms with Gasteiger partial charge < -0.3 is 5.32 Å². The number of benzene rings is 1. The summed E-state index contributed by atoms with van der Waals surface area (Å²) >= 11 is 0. The molecule has 2 aromatic rings. The SMILES string of the molecule is CCn1c(=O)n(CC)c2cc(S(=O)(=O)C3CCCCC3)c(NC(=O)C3CC3)cc21. The van der Waals surface area contributed by atoms with E-state index in [1.165, 1.54) is 0 Å². The zero-order chi connectivity index (χ0) is 20.8. The summed E-state index contributed by atoms with van der Waals surface area (Å²) in [5, 5.41) is 2.43. The molecule has 0 spiro atoms. The summed E-state index contributed by atoms with van der Waals surface area (Å²) in [4.78, 5) is 25.4. The molecule has 0 aliphatic heterocycles. The van der Waals surface area contributed by atoms with Crippen LogP contribution in [0.1, 0.15) is 58.8 Å². The van der Waals surface area contributed by atoms with Crippen LogP contribution < -0.4 is 11.0 Å². The molecule has 2 aliphatic rings. The monoisotopic (exact) mass is 419 g/mol. The van der Waals surface area contributed by atoms with Crippen molar-refractivity contribution in [2.75, 3.05) is 5.32 Å². The summed E-state index contributed by atoms with van der Waals surface area (Å²) < 4.78 is 30.3. The molecule has 2 saturated carbocycles. The standard InChI is InChI=1S/C21H29N3O4S/c1-3-23-17-12-16(22-20(25)14-10-11-14)19(13-18(17)24(4-2)21(23)26)29(27,28)15-8-6-5-7-9-15/h12-15H,3-11H2,1-2H3,(H,22,25). The Hall–Kier alpha value is -2.09. The molecule has 0 atom stereocenters. The lowest BCUT2D eigenvalue weighted by atomic mass is 10.0. The maximum absolute atomic E-state index is 13.5. The van der Waals surface area contributed by atoms with Gasteiger partial charge in [0.2, 0.25) is 5.91 Å².